The number of nitrogens with one attached hydrogen (secondary N) is 1. The lowest BCUT2D eigenvalue weighted by Gasteiger charge is -2.09. The number of halogens is 1. The van der Waals surface area contributed by atoms with Crippen molar-refractivity contribution in [1.29, 1.82) is 0 Å². The third-order valence-electron chi connectivity index (χ3n) is 3.97. The summed E-state index contributed by atoms with van der Waals surface area (Å²) in [6.07, 6.45) is 1.23. The van der Waals surface area contributed by atoms with Crippen LogP contribution in [-0.4, -0.2) is 17.7 Å². The topological polar surface area (TPSA) is 17.0 Å². The van der Waals surface area contributed by atoms with E-state index in [4.69, 9.17) is 11.6 Å². The Bertz CT molecular complexity index is 565. The molecule has 2 heterocycles. The molecule has 0 saturated carbocycles. The van der Waals surface area contributed by atoms with Gasteiger partial charge in [-0.2, -0.15) is 0 Å². The highest BCUT2D eigenvalue weighted by molar-refractivity contribution is 6.31. The number of aryl methyl sites for hydroxylation is 1. The summed E-state index contributed by atoms with van der Waals surface area (Å²) in [5.74, 6) is 0.636. The minimum Gasteiger partial charge on any atom is -0.348 e. The Morgan fingerprint density at radius 2 is 2.24 bits per heavy atom. The van der Waals surface area contributed by atoms with Gasteiger partial charge < -0.3 is 9.88 Å². The van der Waals surface area contributed by atoms with Crippen LogP contribution in [0.1, 0.15) is 23.6 Å². The van der Waals surface area contributed by atoms with Gasteiger partial charge in [0.15, 0.2) is 0 Å². The van der Waals surface area contributed by atoms with E-state index in [0.29, 0.717) is 5.92 Å². The number of hydrogen-bond donors (Lipinski definition) is 1. The van der Waals surface area contributed by atoms with Gasteiger partial charge in [-0.3, -0.25) is 0 Å². The molecular formula is C14H17ClN2. The fraction of sp³-hybridized carbons (Fsp3) is 0.429. The fourth-order valence-corrected chi connectivity index (χ4v) is 3.16. The molecule has 3 heteroatoms. The normalized spacial score (nSPS) is 20.3. The van der Waals surface area contributed by atoms with Crippen LogP contribution in [-0.2, 0) is 7.05 Å². The average Bonchev–Trinajstić information content (AvgIpc) is 2.88. The molecule has 1 aliphatic heterocycles. The largest absolute Gasteiger partial charge is 0.348 e. The van der Waals surface area contributed by atoms with E-state index in [1.807, 2.05) is 6.07 Å². The number of hydrogen-bond acceptors (Lipinski definition) is 1. The molecular weight excluding hydrogens is 232 g/mol. The summed E-state index contributed by atoms with van der Waals surface area (Å²) in [6, 6.07) is 6.20. The molecule has 1 N–H and O–H groups in total. The van der Waals surface area contributed by atoms with Gasteiger partial charge in [0.2, 0.25) is 0 Å². The van der Waals surface area contributed by atoms with E-state index in [0.717, 1.165) is 18.1 Å². The molecule has 0 spiro atoms. The van der Waals surface area contributed by atoms with Crippen molar-refractivity contribution in [1.82, 2.24) is 9.88 Å². The van der Waals surface area contributed by atoms with E-state index >= 15 is 0 Å². The standard InChI is InChI=1S/C14H17ClN2/c1-9-14(10-5-6-16-8-10)12-7-11(15)3-4-13(12)17(9)2/h3-4,7,10,16H,5-6,8H2,1-2H3. The van der Waals surface area contributed by atoms with Crippen molar-refractivity contribution in [3.63, 3.8) is 0 Å². The number of fused-ring (bicyclic) bond motifs is 1. The lowest BCUT2D eigenvalue weighted by Crippen LogP contribution is -2.08. The zero-order valence-corrected chi connectivity index (χ0v) is 11.0. The lowest BCUT2D eigenvalue weighted by atomic mass is 9.95. The van der Waals surface area contributed by atoms with Gasteiger partial charge >= 0.3 is 0 Å². The van der Waals surface area contributed by atoms with Gasteiger partial charge in [-0.25, -0.2) is 0 Å². The van der Waals surface area contributed by atoms with Crippen LogP contribution in [0.15, 0.2) is 18.2 Å². The molecule has 0 aliphatic carbocycles. The average molecular weight is 249 g/mol. The van der Waals surface area contributed by atoms with Crippen molar-refractivity contribution >= 4 is 22.5 Å². The zero-order valence-electron chi connectivity index (χ0n) is 10.3. The van der Waals surface area contributed by atoms with Crippen molar-refractivity contribution < 1.29 is 0 Å². The van der Waals surface area contributed by atoms with E-state index in [-0.39, 0.29) is 0 Å². The van der Waals surface area contributed by atoms with Crippen molar-refractivity contribution in [3.8, 4) is 0 Å². The Labute approximate surface area is 107 Å². The van der Waals surface area contributed by atoms with Crippen LogP contribution < -0.4 is 5.32 Å². The van der Waals surface area contributed by atoms with Crippen LogP contribution in [0.4, 0.5) is 0 Å². The molecule has 1 atom stereocenters. The Hall–Kier alpha value is -0.990. The second kappa shape index (κ2) is 4.04. The Morgan fingerprint density at radius 1 is 1.41 bits per heavy atom. The number of aromatic nitrogens is 1. The first-order chi connectivity index (χ1) is 8.18. The SMILES string of the molecule is Cc1c(C2CCNC2)c2cc(Cl)ccc2n1C. The van der Waals surface area contributed by atoms with Gasteiger partial charge in [0.05, 0.1) is 0 Å². The molecule has 0 amide bonds. The first-order valence-corrected chi connectivity index (χ1v) is 6.51. The van der Waals surface area contributed by atoms with Gasteiger partial charge in [0, 0.05) is 35.2 Å². The summed E-state index contributed by atoms with van der Waals surface area (Å²) in [5.41, 5.74) is 4.14. The molecule has 0 radical (unpaired) electrons. The van der Waals surface area contributed by atoms with Crippen LogP contribution in [0.25, 0.3) is 10.9 Å². The molecule has 17 heavy (non-hydrogen) atoms. The van der Waals surface area contributed by atoms with Gasteiger partial charge in [-0.1, -0.05) is 11.6 Å². The highest BCUT2D eigenvalue weighted by Crippen LogP contribution is 2.35. The van der Waals surface area contributed by atoms with Crippen molar-refractivity contribution in [2.75, 3.05) is 13.1 Å². The maximum Gasteiger partial charge on any atom is 0.0483 e. The smallest absolute Gasteiger partial charge is 0.0483 e. The molecule has 1 aromatic heterocycles. The zero-order chi connectivity index (χ0) is 12.0. The molecule has 1 fully saturated rings. The summed E-state index contributed by atoms with van der Waals surface area (Å²) < 4.78 is 2.28. The van der Waals surface area contributed by atoms with Crippen molar-refractivity contribution in [3.05, 3.63) is 34.5 Å². The molecule has 90 valence electrons. The Morgan fingerprint density at radius 3 is 2.94 bits per heavy atom. The minimum absolute atomic E-state index is 0.636. The van der Waals surface area contributed by atoms with E-state index in [2.05, 4.69) is 36.0 Å². The molecule has 1 unspecified atom stereocenters. The summed E-state index contributed by atoms with van der Waals surface area (Å²) in [6.45, 7) is 4.43. The summed E-state index contributed by atoms with van der Waals surface area (Å²) in [7, 11) is 2.14. The van der Waals surface area contributed by atoms with Gasteiger partial charge in [0.1, 0.15) is 0 Å². The predicted molar refractivity (Wildman–Crippen MR) is 72.9 cm³/mol. The van der Waals surface area contributed by atoms with E-state index in [1.54, 1.807) is 0 Å². The summed E-state index contributed by atoms with van der Waals surface area (Å²) in [5, 5.41) is 5.60. The molecule has 3 rings (SSSR count). The lowest BCUT2D eigenvalue weighted by molar-refractivity contribution is 0.751. The first-order valence-electron chi connectivity index (χ1n) is 6.13. The van der Waals surface area contributed by atoms with E-state index in [1.165, 1.54) is 28.6 Å². The minimum atomic E-state index is 0.636. The summed E-state index contributed by atoms with van der Waals surface area (Å²) in [4.78, 5) is 0. The van der Waals surface area contributed by atoms with Crippen LogP contribution in [0.2, 0.25) is 5.02 Å². The second-order valence-electron chi connectivity index (χ2n) is 4.91. The number of benzene rings is 1. The van der Waals surface area contributed by atoms with Crippen molar-refractivity contribution in [2.45, 2.75) is 19.3 Å². The quantitative estimate of drug-likeness (QED) is 0.820. The van der Waals surface area contributed by atoms with Crippen LogP contribution in [0, 0.1) is 6.92 Å². The van der Waals surface area contributed by atoms with Gasteiger partial charge in [0.25, 0.3) is 0 Å². The molecule has 2 nitrogen and oxygen atoms in total. The highest BCUT2D eigenvalue weighted by atomic mass is 35.5. The number of nitrogens with zero attached hydrogens (tertiary/aromatic N) is 1. The summed E-state index contributed by atoms with van der Waals surface area (Å²) >= 11 is 6.13. The van der Waals surface area contributed by atoms with E-state index < -0.39 is 0 Å². The number of rotatable bonds is 1. The maximum absolute atomic E-state index is 6.13. The molecule has 2 aromatic rings. The fourth-order valence-electron chi connectivity index (χ4n) is 2.99. The van der Waals surface area contributed by atoms with Gasteiger partial charge in [-0.15, -0.1) is 0 Å². The molecule has 0 bridgehead atoms. The van der Waals surface area contributed by atoms with Gasteiger partial charge in [-0.05, 0) is 49.6 Å². The maximum atomic E-state index is 6.13. The molecule has 1 aromatic carbocycles. The molecule has 1 saturated heterocycles. The highest BCUT2D eigenvalue weighted by Gasteiger charge is 2.23. The van der Waals surface area contributed by atoms with Crippen LogP contribution >= 0.6 is 11.6 Å². The van der Waals surface area contributed by atoms with Crippen LogP contribution in [0.3, 0.4) is 0 Å². The first kappa shape index (κ1) is 11.1. The second-order valence-corrected chi connectivity index (χ2v) is 5.35. The van der Waals surface area contributed by atoms with Crippen LogP contribution in [0.5, 0.6) is 0 Å². The third kappa shape index (κ3) is 1.67. The Kier molecular flexibility index (Phi) is 2.64. The third-order valence-corrected chi connectivity index (χ3v) is 4.21. The van der Waals surface area contributed by atoms with E-state index in [9.17, 15) is 0 Å². The van der Waals surface area contributed by atoms with Crippen molar-refractivity contribution in [2.24, 2.45) is 7.05 Å². The molecule has 1 aliphatic rings. The predicted octanol–water partition coefficient (Wildman–Crippen LogP) is 3.22. The monoisotopic (exact) mass is 248 g/mol. The Balaban J connectivity index is 2.27.